The number of aromatic nitrogens is 1. The van der Waals surface area contributed by atoms with Crippen molar-refractivity contribution >= 4 is 11.5 Å². The summed E-state index contributed by atoms with van der Waals surface area (Å²) in [6, 6.07) is 12.3. The van der Waals surface area contributed by atoms with E-state index in [2.05, 4.69) is 28.6 Å². The number of nitrogens with zero attached hydrogens (tertiary/aromatic N) is 1. The van der Waals surface area contributed by atoms with E-state index in [-0.39, 0.29) is 0 Å². The van der Waals surface area contributed by atoms with Gasteiger partial charge in [-0.3, -0.25) is 0 Å². The predicted molar refractivity (Wildman–Crippen MR) is 62.4 cm³/mol. The van der Waals surface area contributed by atoms with Gasteiger partial charge in [-0.25, -0.2) is 0 Å². The third kappa shape index (κ3) is 3.36. The Morgan fingerprint density at radius 1 is 1.13 bits per heavy atom. The SMILES string of the molecule is c1ccc(CCCOc2ccsn2)cc1. The maximum absolute atomic E-state index is 5.47. The molecule has 3 heteroatoms. The fraction of sp³-hybridized carbons (Fsp3) is 0.250. The molecule has 1 heterocycles. The topological polar surface area (TPSA) is 22.1 Å². The quantitative estimate of drug-likeness (QED) is 0.721. The van der Waals surface area contributed by atoms with Crippen molar-refractivity contribution in [3.63, 3.8) is 0 Å². The Bertz CT molecular complexity index is 372. The molecule has 0 fully saturated rings. The Hall–Kier alpha value is -1.35. The average molecular weight is 219 g/mol. The fourth-order valence-corrected chi connectivity index (χ4v) is 1.83. The fourth-order valence-electron chi connectivity index (χ4n) is 1.37. The first-order valence-corrected chi connectivity index (χ1v) is 5.86. The van der Waals surface area contributed by atoms with Crippen molar-refractivity contribution in [2.24, 2.45) is 0 Å². The zero-order chi connectivity index (χ0) is 10.3. The van der Waals surface area contributed by atoms with Crippen LogP contribution in [0.3, 0.4) is 0 Å². The summed E-state index contributed by atoms with van der Waals surface area (Å²) in [6.45, 7) is 0.735. The van der Waals surface area contributed by atoms with Crippen molar-refractivity contribution < 1.29 is 4.74 Å². The Labute approximate surface area is 93.7 Å². The number of aryl methyl sites for hydroxylation is 1. The van der Waals surface area contributed by atoms with Crippen LogP contribution in [0.4, 0.5) is 0 Å². The Balaban J connectivity index is 1.68. The average Bonchev–Trinajstić information content (AvgIpc) is 2.79. The molecule has 15 heavy (non-hydrogen) atoms. The summed E-state index contributed by atoms with van der Waals surface area (Å²) < 4.78 is 9.55. The molecule has 2 nitrogen and oxygen atoms in total. The van der Waals surface area contributed by atoms with Crippen LogP contribution < -0.4 is 4.74 Å². The smallest absolute Gasteiger partial charge is 0.225 e. The lowest BCUT2D eigenvalue weighted by molar-refractivity contribution is 0.302. The van der Waals surface area contributed by atoms with Gasteiger partial charge in [-0.1, -0.05) is 30.3 Å². The Morgan fingerprint density at radius 3 is 2.73 bits per heavy atom. The van der Waals surface area contributed by atoms with Crippen molar-refractivity contribution in [3.8, 4) is 5.88 Å². The first-order chi connectivity index (χ1) is 7.45. The van der Waals surface area contributed by atoms with Gasteiger partial charge in [-0.2, -0.15) is 4.37 Å². The molecule has 0 spiro atoms. The normalized spacial score (nSPS) is 10.1. The molecule has 2 rings (SSSR count). The van der Waals surface area contributed by atoms with Crippen LogP contribution in [0, 0.1) is 0 Å². The van der Waals surface area contributed by atoms with E-state index in [9.17, 15) is 0 Å². The lowest BCUT2D eigenvalue weighted by atomic mass is 10.1. The van der Waals surface area contributed by atoms with Crippen molar-refractivity contribution in [2.45, 2.75) is 12.8 Å². The van der Waals surface area contributed by atoms with Crippen molar-refractivity contribution in [1.82, 2.24) is 4.37 Å². The summed E-state index contributed by atoms with van der Waals surface area (Å²) in [5.41, 5.74) is 1.36. The second-order valence-corrected chi connectivity index (χ2v) is 3.94. The van der Waals surface area contributed by atoms with Gasteiger partial charge in [-0.15, -0.1) is 0 Å². The van der Waals surface area contributed by atoms with Gasteiger partial charge in [0.2, 0.25) is 5.88 Å². The summed E-state index contributed by atoms with van der Waals surface area (Å²) in [4.78, 5) is 0. The molecule has 1 aromatic heterocycles. The Morgan fingerprint density at radius 2 is 2.00 bits per heavy atom. The summed E-state index contributed by atoms with van der Waals surface area (Å²) in [5, 5.41) is 1.92. The number of hydrogen-bond acceptors (Lipinski definition) is 3. The zero-order valence-corrected chi connectivity index (χ0v) is 9.24. The van der Waals surface area contributed by atoms with Gasteiger partial charge >= 0.3 is 0 Å². The zero-order valence-electron chi connectivity index (χ0n) is 8.43. The molecule has 2 aromatic rings. The number of rotatable bonds is 5. The van der Waals surface area contributed by atoms with Crippen LogP contribution in [0.25, 0.3) is 0 Å². The van der Waals surface area contributed by atoms with Gasteiger partial charge < -0.3 is 4.74 Å². The third-order valence-electron chi connectivity index (χ3n) is 2.12. The number of ether oxygens (including phenoxy) is 1. The largest absolute Gasteiger partial charge is 0.477 e. The lowest BCUT2D eigenvalue weighted by Gasteiger charge is -2.02. The second kappa shape index (κ2) is 5.51. The molecule has 78 valence electrons. The van der Waals surface area contributed by atoms with Crippen LogP contribution in [0.5, 0.6) is 5.88 Å². The van der Waals surface area contributed by atoms with Crippen molar-refractivity contribution in [1.29, 1.82) is 0 Å². The second-order valence-electron chi connectivity index (χ2n) is 3.28. The summed E-state index contributed by atoms with van der Waals surface area (Å²) in [6.07, 6.45) is 2.09. The highest BCUT2D eigenvalue weighted by atomic mass is 32.1. The molecule has 0 aliphatic rings. The summed E-state index contributed by atoms with van der Waals surface area (Å²) >= 11 is 1.42. The van der Waals surface area contributed by atoms with E-state index in [0.717, 1.165) is 25.3 Å². The van der Waals surface area contributed by atoms with Crippen LogP contribution in [-0.2, 0) is 6.42 Å². The molecular weight excluding hydrogens is 206 g/mol. The molecule has 0 aliphatic heterocycles. The highest BCUT2D eigenvalue weighted by Crippen LogP contribution is 2.09. The van der Waals surface area contributed by atoms with Crippen LogP contribution >= 0.6 is 11.5 Å². The highest BCUT2D eigenvalue weighted by molar-refractivity contribution is 7.03. The summed E-state index contributed by atoms with van der Waals surface area (Å²) in [5.74, 6) is 0.744. The molecule has 0 aliphatic carbocycles. The van der Waals surface area contributed by atoms with E-state index >= 15 is 0 Å². The molecule has 0 radical (unpaired) electrons. The lowest BCUT2D eigenvalue weighted by Crippen LogP contribution is -1.99. The van der Waals surface area contributed by atoms with Gasteiger partial charge in [-0.05, 0) is 29.9 Å². The van der Waals surface area contributed by atoms with E-state index in [1.165, 1.54) is 17.1 Å². The molecule has 0 saturated heterocycles. The van der Waals surface area contributed by atoms with Crippen LogP contribution in [0.15, 0.2) is 41.8 Å². The van der Waals surface area contributed by atoms with Gasteiger partial charge in [0.25, 0.3) is 0 Å². The minimum absolute atomic E-state index is 0.735. The standard InChI is InChI=1S/C12H13NOS/c1-2-5-11(6-3-1)7-4-9-14-12-8-10-15-13-12/h1-3,5-6,8,10H,4,7,9H2. The Kier molecular flexibility index (Phi) is 3.74. The number of benzene rings is 1. The molecule has 0 atom stereocenters. The van der Waals surface area contributed by atoms with E-state index < -0.39 is 0 Å². The van der Waals surface area contributed by atoms with Crippen LogP contribution in [0.1, 0.15) is 12.0 Å². The van der Waals surface area contributed by atoms with Crippen LogP contribution in [0.2, 0.25) is 0 Å². The van der Waals surface area contributed by atoms with Gasteiger partial charge in [0.05, 0.1) is 6.61 Å². The van der Waals surface area contributed by atoms with Crippen LogP contribution in [-0.4, -0.2) is 11.0 Å². The van der Waals surface area contributed by atoms with E-state index in [1.807, 2.05) is 17.5 Å². The van der Waals surface area contributed by atoms with Crippen molar-refractivity contribution in [2.75, 3.05) is 6.61 Å². The maximum Gasteiger partial charge on any atom is 0.225 e. The van der Waals surface area contributed by atoms with E-state index in [4.69, 9.17) is 4.74 Å². The van der Waals surface area contributed by atoms with Gasteiger partial charge in [0.1, 0.15) is 0 Å². The maximum atomic E-state index is 5.47. The number of hydrogen-bond donors (Lipinski definition) is 0. The predicted octanol–water partition coefficient (Wildman–Crippen LogP) is 3.15. The molecule has 0 saturated carbocycles. The molecular formula is C12H13NOS. The minimum atomic E-state index is 0.735. The summed E-state index contributed by atoms with van der Waals surface area (Å²) in [7, 11) is 0. The van der Waals surface area contributed by atoms with Crippen molar-refractivity contribution in [3.05, 3.63) is 47.3 Å². The third-order valence-corrected chi connectivity index (χ3v) is 2.66. The molecule has 0 unspecified atom stereocenters. The van der Waals surface area contributed by atoms with E-state index in [1.54, 1.807) is 0 Å². The monoisotopic (exact) mass is 219 g/mol. The van der Waals surface area contributed by atoms with Gasteiger partial charge in [0.15, 0.2) is 0 Å². The first kappa shape index (κ1) is 10.2. The highest BCUT2D eigenvalue weighted by Gasteiger charge is 1.95. The molecule has 0 amide bonds. The molecule has 1 aromatic carbocycles. The molecule has 0 bridgehead atoms. The van der Waals surface area contributed by atoms with E-state index in [0.29, 0.717) is 0 Å². The minimum Gasteiger partial charge on any atom is -0.477 e. The van der Waals surface area contributed by atoms with Gasteiger partial charge in [0, 0.05) is 11.4 Å². The first-order valence-electron chi connectivity index (χ1n) is 5.02. The molecule has 0 N–H and O–H groups in total.